The number of rotatable bonds is 6. The van der Waals surface area contributed by atoms with Gasteiger partial charge in [0.25, 0.3) is 5.91 Å². The smallest absolute Gasteiger partial charge is 0.279 e. The van der Waals surface area contributed by atoms with Gasteiger partial charge >= 0.3 is 0 Å². The maximum absolute atomic E-state index is 12.7. The molecule has 0 unspecified atom stereocenters. The van der Waals surface area contributed by atoms with Crippen LogP contribution in [0.4, 0.5) is 5.69 Å². The lowest BCUT2D eigenvalue weighted by Crippen LogP contribution is -3.28. The van der Waals surface area contributed by atoms with Gasteiger partial charge in [-0.05, 0) is 30.9 Å². The molecule has 0 aromatic heterocycles. The summed E-state index contributed by atoms with van der Waals surface area (Å²) < 4.78 is 0. The van der Waals surface area contributed by atoms with Crippen molar-refractivity contribution in [2.24, 2.45) is 0 Å². The molecular formula is C24H35N3O+2. The molecule has 2 aromatic rings. The molecule has 4 heteroatoms. The first-order valence-corrected chi connectivity index (χ1v) is 10.5. The van der Waals surface area contributed by atoms with Gasteiger partial charge in [-0.1, -0.05) is 61.9 Å². The topological polar surface area (TPSA) is 38.0 Å². The summed E-state index contributed by atoms with van der Waals surface area (Å²) in [6, 6.07) is 15.1. The van der Waals surface area contributed by atoms with E-state index in [1.165, 1.54) is 21.6 Å². The molecule has 1 aliphatic heterocycles. The Balaban J connectivity index is 1.50. The Morgan fingerprint density at radius 3 is 2.36 bits per heavy atom. The first kappa shape index (κ1) is 20.6. The van der Waals surface area contributed by atoms with Crippen molar-refractivity contribution in [1.29, 1.82) is 0 Å². The third kappa shape index (κ3) is 5.43. The fourth-order valence-corrected chi connectivity index (χ4v) is 4.17. The van der Waals surface area contributed by atoms with Crippen molar-refractivity contribution >= 4 is 11.6 Å². The Kier molecular flexibility index (Phi) is 6.87. The molecule has 4 nitrogen and oxygen atoms in total. The van der Waals surface area contributed by atoms with Crippen LogP contribution in [0.2, 0.25) is 0 Å². The number of carbonyl (C=O) groups is 1. The molecule has 0 radical (unpaired) electrons. The summed E-state index contributed by atoms with van der Waals surface area (Å²) in [5.74, 6) is 0.532. The van der Waals surface area contributed by atoms with Gasteiger partial charge in [-0.25, -0.2) is 0 Å². The summed E-state index contributed by atoms with van der Waals surface area (Å²) in [5, 5.41) is 3.20. The van der Waals surface area contributed by atoms with E-state index in [0.29, 0.717) is 12.5 Å². The quantitative estimate of drug-likeness (QED) is 0.694. The maximum atomic E-state index is 12.7. The predicted octanol–water partition coefficient (Wildman–Crippen LogP) is 1.35. The van der Waals surface area contributed by atoms with Gasteiger partial charge in [-0.15, -0.1) is 0 Å². The highest BCUT2D eigenvalue weighted by atomic mass is 16.2. The van der Waals surface area contributed by atoms with Crippen LogP contribution in [0, 0.1) is 13.8 Å². The summed E-state index contributed by atoms with van der Waals surface area (Å²) in [6.45, 7) is 14.6. The molecule has 1 aliphatic rings. The highest BCUT2D eigenvalue weighted by molar-refractivity contribution is 5.93. The van der Waals surface area contributed by atoms with Crippen LogP contribution in [0.25, 0.3) is 0 Å². The first-order chi connectivity index (χ1) is 13.4. The number of carbonyl (C=O) groups excluding carboxylic acids is 1. The summed E-state index contributed by atoms with van der Waals surface area (Å²) >= 11 is 0. The van der Waals surface area contributed by atoms with Crippen LogP contribution in [0.3, 0.4) is 0 Å². The number of amides is 1. The lowest BCUT2D eigenvalue weighted by atomic mass is 9.98. The van der Waals surface area contributed by atoms with E-state index in [1.54, 1.807) is 4.90 Å². The molecule has 1 heterocycles. The van der Waals surface area contributed by atoms with Crippen LogP contribution in [0.5, 0.6) is 0 Å². The second-order valence-corrected chi connectivity index (χ2v) is 8.58. The van der Waals surface area contributed by atoms with Crippen molar-refractivity contribution in [1.82, 2.24) is 0 Å². The Morgan fingerprint density at radius 1 is 1.00 bits per heavy atom. The van der Waals surface area contributed by atoms with E-state index in [0.717, 1.165) is 44.0 Å². The molecule has 0 saturated carbocycles. The van der Waals surface area contributed by atoms with Gasteiger partial charge in [-0.2, -0.15) is 0 Å². The maximum Gasteiger partial charge on any atom is 0.279 e. The monoisotopic (exact) mass is 381 g/mol. The zero-order valence-corrected chi connectivity index (χ0v) is 17.8. The number of hydrogen-bond donors (Lipinski definition) is 3. The fourth-order valence-electron chi connectivity index (χ4n) is 4.17. The van der Waals surface area contributed by atoms with E-state index >= 15 is 0 Å². The normalized spacial score (nSPS) is 19.6. The molecule has 0 aliphatic carbocycles. The van der Waals surface area contributed by atoms with Crippen LogP contribution >= 0.6 is 0 Å². The largest absolute Gasteiger partial charge is 0.322 e. The van der Waals surface area contributed by atoms with Crippen molar-refractivity contribution in [2.75, 3.05) is 38.0 Å². The van der Waals surface area contributed by atoms with E-state index in [2.05, 4.69) is 75.5 Å². The van der Waals surface area contributed by atoms with Crippen molar-refractivity contribution in [2.45, 2.75) is 40.2 Å². The average Bonchev–Trinajstić information content (AvgIpc) is 2.65. The number of aryl methyl sites for hydroxylation is 2. The molecule has 2 aromatic carbocycles. The second kappa shape index (κ2) is 9.35. The SMILES string of the molecule is Cc1cccc(C[NH+]2CC[NH+](CC(=O)Nc3c(C)cccc3C(C)C)CC2)c1. The van der Waals surface area contributed by atoms with Gasteiger partial charge in [0.05, 0.1) is 0 Å². The molecule has 3 N–H and O–H groups in total. The van der Waals surface area contributed by atoms with Crippen LogP contribution < -0.4 is 15.1 Å². The number of benzene rings is 2. The summed E-state index contributed by atoms with van der Waals surface area (Å²) in [4.78, 5) is 15.7. The summed E-state index contributed by atoms with van der Waals surface area (Å²) in [6.07, 6.45) is 0. The zero-order chi connectivity index (χ0) is 20.1. The van der Waals surface area contributed by atoms with E-state index in [1.807, 2.05) is 0 Å². The summed E-state index contributed by atoms with van der Waals surface area (Å²) in [5.41, 5.74) is 6.11. The summed E-state index contributed by atoms with van der Waals surface area (Å²) in [7, 11) is 0. The number of anilines is 1. The number of hydrogen-bond acceptors (Lipinski definition) is 1. The lowest BCUT2D eigenvalue weighted by molar-refractivity contribution is -1.02. The van der Waals surface area contributed by atoms with E-state index < -0.39 is 0 Å². The Morgan fingerprint density at radius 2 is 1.68 bits per heavy atom. The first-order valence-electron chi connectivity index (χ1n) is 10.5. The van der Waals surface area contributed by atoms with Gasteiger partial charge in [0.1, 0.15) is 32.7 Å². The predicted molar refractivity (Wildman–Crippen MR) is 115 cm³/mol. The minimum Gasteiger partial charge on any atom is -0.322 e. The van der Waals surface area contributed by atoms with Crippen molar-refractivity contribution in [3.63, 3.8) is 0 Å². The molecule has 3 rings (SSSR count). The van der Waals surface area contributed by atoms with Crippen molar-refractivity contribution < 1.29 is 14.6 Å². The Labute approximate surface area is 169 Å². The van der Waals surface area contributed by atoms with Gasteiger partial charge in [0, 0.05) is 11.3 Å². The number of quaternary nitrogens is 2. The molecule has 0 atom stereocenters. The van der Waals surface area contributed by atoms with Gasteiger partial charge in [0.15, 0.2) is 6.54 Å². The molecule has 28 heavy (non-hydrogen) atoms. The van der Waals surface area contributed by atoms with Crippen LogP contribution in [0.1, 0.15) is 42.0 Å². The molecule has 1 amide bonds. The van der Waals surface area contributed by atoms with Gasteiger partial charge in [0.2, 0.25) is 0 Å². The number of nitrogens with one attached hydrogen (secondary N) is 3. The molecule has 1 fully saturated rings. The molecule has 150 valence electrons. The van der Waals surface area contributed by atoms with Crippen molar-refractivity contribution in [3.05, 3.63) is 64.7 Å². The standard InChI is InChI=1S/C24H33N3O/c1-18(2)22-10-6-8-20(4)24(22)25-23(28)17-27-13-11-26(12-14-27)16-21-9-5-7-19(3)15-21/h5-10,15,18H,11-14,16-17H2,1-4H3,(H,25,28)/p+2. The van der Waals surface area contributed by atoms with E-state index in [-0.39, 0.29) is 5.91 Å². The Hall–Kier alpha value is -2.17. The minimum atomic E-state index is 0.133. The molecule has 1 saturated heterocycles. The van der Waals surface area contributed by atoms with Gasteiger partial charge in [-0.3, -0.25) is 4.79 Å². The van der Waals surface area contributed by atoms with Crippen LogP contribution in [-0.2, 0) is 11.3 Å². The fraction of sp³-hybridized carbons (Fsp3) is 0.458. The minimum absolute atomic E-state index is 0.133. The molecule has 0 spiro atoms. The molecule has 0 bridgehead atoms. The highest BCUT2D eigenvalue weighted by Crippen LogP contribution is 2.27. The van der Waals surface area contributed by atoms with Crippen LogP contribution in [0.15, 0.2) is 42.5 Å². The molecular weight excluding hydrogens is 346 g/mol. The van der Waals surface area contributed by atoms with Gasteiger partial charge < -0.3 is 15.1 Å². The number of para-hydroxylation sites is 1. The average molecular weight is 382 g/mol. The van der Waals surface area contributed by atoms with Crippen molar-refractivity contribution in [3.8, 4) is 0 Å². The lowest BCUT2D eigenvalue weighted by Gasteiger charge is -2.29. The highest BCUT2D eigenvalue weighted by Gasteiger charge is 2.25. The second-order valence-electron chi connectivity index (χ2n) is 8.58. The number of piperazine rings is 1. The third-order valence-corrected chi connectivity index (χ3v) is 5.80. The Bertz CT molecular complexity index is 807. The van der Waals surface area contributed by atoms with Crippen LogP contribution in [-0.4, -0.2) is 38.6 Å². The van der Waals surface area contributed by atoms with E-state index in [9.17, 15) is 4.79 Å². The third-order valence-electron chi connectivity index (χ3n) is 5.80. The van der Waals surface area contributed by atoms with E-state index in [4.69, 9.17) is 0 Å². The zero-order valence-electron chi connectivity index (χ0n) is 17.8.